The second-order valence-electron chi connectivity index (χ2n) is 9.46. The third-order valence-corrected chi connectivity index (χ3v) is 7.65. The molecule has 0 radical (unpaired) electrons. The molecule has 6 aliphatic rings. The first-order chi connectivity index (χ1) is 13.6. The highest BCUT2D eigenvalue weighted by molar-refractivity contribution is 5.71. The van der Waals surface area contributed by atoms with Crippen molar-refractivity contribution in [2.75, 3.05) is 13.2 Å². The summed E-state index contributed by atoms with van der Waals surface area (Å²) in [6.07, 6.45) is 9.72. The molecule has 3 spiro atoms. The zero-order valence-electron chi connectivity index (χ0n) is 16.4. The van der Waals surface area contributed by atoms with Crippen molar-refractivity contribution in [2.24, 2.45) is 0 Å². The predicted molar refractivity (Wildman–Crippen MR) is 95.4 cm³/mol. The number of hydrogen-bond donors (Lipinski definition) is 0. The van der Waals surface area contributed by atoms with E-state index in [-0.39, 0.29) is 43.4 Å². The van der Waals surface area contributed by atoms with Crippen LogP contribution in [0.1, 0.15) is 70.6 Å². The Morgan fingerprint density at radius 1 is 0.857 bits per heavy atom. The van der Waals surface area contributed by atoms with Crippen molar-refractivity contribution in [1.29, 1.82) is 0 Å². The fourth-order valence-electron chi connectivity index (χ4n) is 6.24. The second-order valence-corrected chi connectivity index (χ2v) is 9.46. The van der Waals surface area contributed by atoms with Crippen LogP contribution in [0.5, 0.6) is 0 Å². The monoisotopic (exact) mass is 394 g/mol. The molecule has 5 atom stereocenters. The Morgan fingerprint density at radius 2 is 1.57 bits per heavy atom. The minimum Gasteiger partial charge on any atom is -0.462 e. The fourth-order valence-corrected chi connectivity index (χ4v) is 6.24. The van der Waals surface area contributed by atoms with Crippen molar-refractivity contribution in [1.82, 2.24) is 0 Å². The lowest BCUT2D eigenvalue weighted by Crippen LogP contribution is -2.55. The van der Waals surface area contributed by atoms with Crippen LogP contribution in [0.2, 0.25) is 0 Å². The molecule has 0 aromatic rings. The van der Waals surface area contributed by atoms with E-state index in [2.05, 4.69) is 0 Å². The Morgan fingerprint density at radius 3 is 2.32 bits per heavy atom. The topological polar surface area (TPSA) is 72.5 Å². The quantitative estimate of drug-likeness (QED) is 0.633. The van der Waals surface area contributed by atoms with Crippen LogP contribution in [-0.4, -0.2) is 60.8 Å². The van der Waals surface area contributed by atoms with Crippen molar-refractivity contribution in [3.63, 3.8) is 0 Å². The van der Waals surface area contributed by atoms with E-state index < -0.39 is 17.2 Å². The zero-order chi connectivity index (χ0) is 18.8. The van der Waals surface area contributed by atoms with E-state index in [4.69, 9.17) is 28.4 Å². The highest BCUT2D eigenvalue weighted by Crippen LogP contribution is 2.55. The standard InChI is InChI=1S/C21H30O7/c22-16-11-15-21(13-23-16)18(27-20(28-21)9-5-2-6-10-20)17(25-15)14-12-24-19(26-14)7-3-1-4-8-19/h14-15,17-18H,1-13H2/t14-,15?,17+,18-,21+/m1/s1. The summed E-state index contributed by atoms with van der Waals surface area (Å²) in [5.74, 6) is -1.24. The Labute approximate surface area is 165 Å². The average molecular weight is 394 g/mol. The van der Waals surface area contributed by atoms with Crippen LogP contribution in [0.4, 0.5) is 0 Å². The van der Waals surface area contributed by atoms with Gasteiger partial charge in [-0.3, -0.25) is 4.79 Å². The van der Waals surface area contributed by atoms with Gasteiger partial charge in [0, 0.05) is 25.7 Å². The van der Waals surface area contributed by atoms with E-state index in [9.17, 15) is 4.79 Å². The summed E-state index contributed by atoms with van der Waals surface area (Å²) in [7, 11) is 0. The second kappa shape index (κ2) is 6.38. The molecule has 6 fully saturated rings. The van der Waals surface area contributed by atoms with E-state index >= 15 is 0 Å². The van der Waals surface area contributed by atoms with Gasteiger partial charge in [0.25, 0.3) is 0 Å². The summed E-state index contributed by atoms with van der Waals surface area (Å²) in [4.78, 5) is 12.0. The summed E-state index contributed by atoms with van der Waals surface area (Å²) in [5.41, 5.74) is -0.707. The van der Waals surface area contributed by atoms with Crippen LogP contribution >= 0.6 is 0 Å². The van der Waals surface area contributed by atoms with Crippen LogP contribution < -0.4 is 0 Å². The molecule has 0 N–H and O–H groups in total. The molecule has 0 amide bonds. The Hall–Kier alpha value is -0.730. The number of hydrogen-bond acceptors (Lipinski definition) is 7. The smallest absolute Gasteiger partial charge is 0.308 e. The maximum Gasteiger partial charge on any atom is 0.308 e. The molecule has 4 saturated heterocycles. The average Bonchev–Trinajstić information content (AvgIpc) is 3.32. The molecule has 4 aliphatic heterocycles. The van der Waals surface area contributed by atoms with E-state index in [1.165, 1.54) is 12.8 Å². The Kier molecular flexibility index (Phi) is 4.12. The first-order valence-electron chi connectivity index (χ1n) is 11.1. The predicted octanol–water partition coefficient (Wildman–Crippen LogP) is 2.59. The number of esters is 1. The van der Waals surface area contributed by atoms with E-state index in [0.717, 1.165) is 51.4 Å². The van der Waals surface area contributed by atoms with Crippen LogP contribution in [-0.2, 0) is 33.2 Å². The highest BCUT2D eigenvalue weighted by Gasteiger charge is 2.71. The minimum atomic E-state index is -0.707. The molecule has 28 heavy (non-hydrogen) atoms. The first kappa shape index (κ1) is 18.1. The van der Waals surface area contributed by atoms with Gasteiger partial charge >= 0.3 is 5.97 Å². The summed E-state index contributed by atoms with van der Waals surface area (Å²) in [6, 6.07) is 0. The molecule has 2 saturated carbocycles. The highest BCUT2D eigenvalue weighted by atomic mass is 16.8. The number of rotatable bonds is 1. The number of ether oxygens (including phenoxy) is 6. The van der Waals surface area contributed by atoms with Gasteiger partial charge in [0.05, 0.1) is 13.0 Å². The maximum atomic E-state index is 12.0. The third kappa shape index (κ3) is 2.63. The van der Waals surface area contributed by atoms with Gasteiger partial charge in [-0.25, -0.2) is 0 Å². The summed E-state index contributed by atoms with van der Waals surface area (Å²) in [6.45, 7) is 0.716. The largest absolute Gasteiger partial charge is 0.462 e. The van der Waals surface area contributed by atoms with Gasteiger partial charge < -0.3 is 28.4 Å². The van der Waals surface area contributed by atoms with Gasteiger partial charge in [0.2, 0.25) is 0 Å². The van der Waals surface area contributed by atoms with Gasteiger partial charge in [-0.1, -0.05) is 12.8 Å². The van der Waals surface area contributed by atoms with Gasteiger partial charge in [0.15, 0.2) is 17.2 Å². The summed E-state index contributed by atoms with van der Waals surface area (Å²) >= 11 is 0. The molecule has 0 bridgehead atoms. The molecule has 7 nitrogen and oxygen atoms in total. The molecular formula is C21H30O7. The molecule has 1 unspecified atom stereocenters. The molecular weight excluding hydrogens is 364 g/mol. The normalized spacial score (nSPS) is 46.5. The van der Waals surface area contributed by atoms with Crippen LogP contribution in [0.3, 0.4) is 0 Å². The van der Waals surface area contributed by atoms with E-state index in [1.54, 1.807) is 0 Å². The van der Waals surface area contributed by atoms with Crippen molar-refractivity contribution >= 4 is 5.97 Å². The zero-order valence-corrected chi connectivity index (χ0v) is 16.4. The minimum absolute atomic E-state index is 0.192. The van der Waals surface area contributed by atoms with Crippen LogP contribution in [0.25, 0.3) is 0 Å². The Bertz CT molecular complexity index is 639. The summed E-state index contributed by atoms with van der Waals surface area (Å²) in [5, 5.41) is 0. The molecule has 7 heteroatoms. The molecule has 0 aromatic heterocycles. The lowest BCUT2D eigenvalue weighted by molar-refractivity contribution is -0.260. The van der Waals surface area contributed by atoms with E-state index in [0.29, 0.717) is 6.61 Å². The number of carbonyl (C=O) groups is 1. The maximum absolute atomic E-state index is 12.0. The first-order valence-corrected chi connectivity index (χ1v) is 11.1. The molecule has 156 valence electrons. The number of carbonyl (C=O) groups excluding carboxylic acids is 1. The Balaban J connectivity index is 1.28. The fraction of sp³-hybridized carbons (Fsp3) is 0.952. The molecule has 4 heterocycles. The lowest BCUT2D eigenvalue weighted by Gasteiger charge is -2.38. The molecule has 2 aliphatic carbocycles. The number of cyclic esters (lactones) is 1. The lowest BCUT2D eigenvalue weighted by atomic mass is 9.87. The van der Waals surface area contributed by atoms with Crippen LogP contribution in [0, 0.1) is 0 Å². The molecule has 0 aromatic carbocycles. The van der Waals surface area contributed by atoms with Gasteiger partial charge in [-0.15, -0.1) is 0 Å². The third-order valence-electron chi connectivity index (χ3n) is 7.65. The van der Waals surface area contributed by atoms with Gasteiger partial charge in [-0.05, 0) is 25.7 Å². The van der Waals surface area contributed by atoms with Crippen LogP contribution in [0.15, 0.2) is 0 Å². The van der Waals surface area contributed by atoms with Crippen molar-refractivity contribution in [2.45, 2.75) is 112 Å². The van der Waals surface area contributed by atoms with Crippen molar-refractivity contribution in [3.05, 3.63) is 0 Å². The van der Waals surface area contributed by atoms with Gasteiger partial charge in [-0.2, -0.15) is 0 Å². The molecule has 6 rings (SSSR count). The summed E-state index contributed by atoms with van der Waals surface area (Å²) < 4.78 is 37.8. The van der Waals surface area contributed by atoms with Gasteiger partial charge in [0.1, 0.15) is 31.0 Å². The SMILES string of the molecule is O=C1CC2O[C@@H]([C@H]3COC4(CCCCC4)O3)[C@H]3OC4(CCCCC4)O[C@@]23CO1. The van der Waals surface area contributed by atoms with E-state index in [1.807, 2.05) is 0 Å². The van der Waals surface area contributed by atoms with Crippen molar-refractivity contribution < 1.29 is 33.2 Å². The van der Waals surface area contributed by atoms with Crippen molar-refractivity contribution in [3.8, 4) is 0 Å².